The molecule has 1 aromatic carbocycles. The number of carbonyl (C=O) groups excluding carboxylic acids is 4. The lowest BCUT2D eigenvalue weighted by Gasteiger charge is -2.31. The molecule has 0 radical (unpaired) electrons. The van der Waals surface area contributed by atoms with Crippen molar-refractivity contribution < 1.29 is 32.7 Å². The molecule has 17 heteroatoms. The number of carbonyl (C=O) groups is 4. The van der Waals surface area contributed by atoms with Gasteiger partial charge in [-0.2, -0.15) is 0 Å². The highest BCUT2D eigenvalue weighted by Gasteiger charge is 2.38. The van der Waals surface area contributed by atoms with E-state index in [2.05, 4.69) is 41.7 Å². The summed E-state index contributed by atoms with van der Waals surface area (Å²) in [5.41, 5.74) is 5.84. The minimum atomic E-state index is -2.99. The number of rotatable bonds is 15. The standard InChI is InChI=1S/C38H48F2N10O5/c1-5-26-20-48(36(53)44-23-38(2,39)40)21-29(26)31-17-42-32-18-43-34-30(50(31)32)13-14-49(34)35(27-7-6-8-27)46(3)15-16-47(4)37(54)55-22-25-9-11-28(12-10-25)45-33(52)19-41-24-51/h9-14,17-18,24,26,29H,5-8,15-16,19-23H2,1-4H3,(H,41,51)(H,44,53)(H,45,52). The normalized spacial score (nSPS) is 16.8. The van der Waals surface area contributed by atoms with Crippen molar-refractivity contribution in [2.45, 2.75) is 58.0 Å². The van der Waals surface area contributed by atoms with Crippen molar-refractivity contribution in [3.05, 3.63) is 65.8 Å². The number of likely N-dealkylation sites (N-methyl/N-ethyl adjacent to an activating group) is 2. The second-order valence-electron chi connectivity index (χ2n) is 14.4. The van der Waals surface area contributed by atoms with Crippen LogP contribution in [-0.2, 0) is 20.9 Å². The molecule has 2 atom stereocenters. The van der Waals surface area contributed by atoms with Gasteiger partial charge >= 0.3 is 12.1 Å². The highest BCUT2D eigenvalue weighted by atomic mass is 19.3. The van der Waals surface area contributed by atoms with Gasteiger partial charge < -0.3 is 35.4 Å². The molecule has 294 valence electrons. The molecule has 15 nitrogen and oxygen atoms in total. The van der Waals surface area contributed by atoms with E-state index in [9.17, 15) is 28.0 Å². The Balaban J connectivity index is 1.12. The van der Waals surface area contributed by atoms with Crippen molar-refractivity contribution in [1.82, 2.24) is 44.3 Å². The Labute approximate surface area is 317 Å². The van der Waals surface area contributed by atoms with Crippen LogP contribution in [0.2, 0.25) is 0 Å². The Bertz CT molecular complexity index is 2050. The van der Waals surface area contributed by atoms with Gasteiger partial charge in [0.2, 0.25) is 12.3 Å². The molecule has 1 saturated carbocycles. The number of ether oxygens (including phenoxy) is 1. The van der Waals surface area contributed by atoms with E-state index in [-0.39, 0.29) is 30.9 Å². The van der Waals surface area contributed by atoms with Crippen LogP contribution in [0.15, 0.2) is 54.5 Å². The van der Waals surface area contributed by atoms with E-state index in [0.717, 1.165) is 60.8 Å². The van der Waals surface area contributed by atoms with Crippen molar-refractivity contribution in [3.63, 3.8) is 0 Å². The molecule has 1 saturated heterocycles. The third kappa shape index (κ3) is 8.98. The first-order chi connectivity index (χ1) is 26.4. The van der Waals surface area contributed by atoms with Gasteiger partial charge in [-0.25, -0.2) is 28.3 Å². The summed E-state index contributed by atoms with van der Waals surface area (Å²) in [5.74, 6) is -2.26. The molecule has 0 spiro atoms. The summed E-state index contributed by atoms with van der Waals surface area (Å²) in [6, 6.07) is 8.42. The lowest BCUT2D eigenvalue weighted by atomic mass is 9.91. The number of amides is 5. The first-order valence-electron chi connectivity index (χ1n) is 18.5. The monoisotopic (exact) mass is 762 g/mol. The predicted molar refractivity (Wildman–Crippen MR) is 202 cm³/mol. The van der Waals surface area contributed by atoms with Crippen molar-refractivity contribution in [1.29, 1.82) is 0 Å². The predicted octanol–water partition coefficient (Wildman–Crippen LogP) is 4.71. The number of nitrogens with one attached hydrogen (secondary N) is 3. The zero-order chi connectivity index (χ0) is 39.3. The maximum atomic E-state index is 13.5. The van der Waals surface area contributed by atoms with Crippen LogP contribution in [0.4, 0.5) is 24.1 Å². The Morgan fingerprint density at radius 3 is 2.45 bits per heavy atom. The van der Waals surface area contributed by atoms with E-state index >= 15 is 0 Å². The summed E-state index contributed by atoms with van der Waals surface area (Å²) in [4.78, 5) is 62.8. The van der Waals surface area contributed by atoms with E-state index in [1.54, 1.807) is 42.4 Å². The van der Waals surface area contributed by atoms with Crippen LogP contribution in [0.3, 0.4) is 0 Å². The smallest absolute Gasteiger partial charge is 0.409 e. The summed E-state index contributed by atoms with van der Waals surface area (Å²) in [5, 5.41) is 7.36. The van der Waals surface area contributed by atoms with Gasteiger partial charge in [0.1, 0.15) is 12.4 Å². The van der Waals surface area contributed by atoms with Crippen LogP contribution < -0.4 is 16.0 Å². The van der Waals surface area contributed by atoms with Gasteiger partial charge in [0.25, 0.3) is 5.92 Å². The first-order valence-corrected chi connectivity index (χ1v) is 18.5. The molecule has 4 heterocycles. The summed E-state index contributed by atoms with van der Waals surface area (Å²) < 4.78 is 36.7. The molecule has 5 amide bonds. The maximum absolute atomic E-state index is 13.5. The molecular weight excluding hydrogens is 714 g/mol. The number of allylic oxidation sites excluding steroid dienone is 1. The van der Waals surface area contributed by atoms with Crippen molar-refractivity contribution >= 4 is 52.8 Å². The van der Waals surface area contributed by atoms with Gasteiger partial charge in [-0.3, -0.25) is 18.6 Å². The summed E-state index contributed by atoms with van der Waals surface area (Å²) in [6.45, 7) is 3.85. The second-order valence-corrected chi connectivity index (χ2v) is 14.4. The number of fused-ring (bicyclic) bond motifs is 3. The van der Waals surface area contributed by atoms with Crippen LogP contribution in [0.5, 0.6) is 0 Å². The van der Waals surface area contributed by atoms with Gasteiger partial charge in [0, 0.05) is 76.9 Å². The topological polar surface area (TPSA) is 158 Å². The Morgan fingerprint density at radius 1 is 1.04 bits per heavy atom. The summed E-state index contributed by atoms with van der Waals surface area (Å²) >= 11 is 0. The number of hydrogen-bond donors (Lipinski definition) is 3. The molecular formula is C38H48F2N10O5. The fourth-order valence-corrected chi connectivity index (χ4v) is 7.11. The average molecular weight is 763 g/mol. The zero-order valence-electron chi connectivity index (χ0n) is 31.6. The van der Waals surface area contributed by atoms with E-state index in [0.29, 0.717) is 43.9 Å². The molecule has 4 aromatic rings. The number of halogens is 2. The molecule has 1 aliphatic heterocycles. The molecule has 2 aliphatic rings. The minimum Gasteiger partial charge on any atom is -0.445 e. The van der Waals surface area contributed by atoms with Gasteiger partial charge in [-0.15, -0.1) is 0 Å². The van der Waals surface area contributed by atoms with Crippen LogP contribution in [0, 0.1) is 5.92 Å². The number of hydrogen-bond acceptors (Lipinski definition) is 8. The number of anilines is 1. The number of imidazole rings is 1. The van der Waals surface area contributed by atoms with Gasteiger partial charge in [-0.1, -0.05) is 25.5 Å². The molecule has 3 aromatic heterocycles. The molecule has 6 rings (SSSR count). The highest BCUT2D eigenvalue weighted by Crippen LogP contribution is 2.38. The number of benzene rings is 1. The van der Waals surface area contributed by atoms with Crippen LogP contribution >= 0.6 is 0 Å². The summed E-state index contributed by atoms with van der Waals surface area (Å²) in [7, 11) is 3.69. The van der Waals surface area contributed by atoms with E-state index in [4.69, 9.17) is 9.72 Å². The van der Waals surface area contributed by atoms with Crippen LogP contribution in [0.25, 0.3) is 22.6 Å². The first kappa shape index (κ1) is 39.0. The average Bonchev–Trinajstić information content (AvgIpc) is 3.89. The van der Waals surface area contributed by atoms with E-state index < -0.39 is 24.6 Å². The fraction of sp³-hybridized carbons (Fsp3) is 0.474. The quantitative estimate of drug-likeness (QED) is 0.147. The molecule has 3 N–H and O–H groups in total. The lowest BCUT2D eigenvalue weighted by Crippen LogP contribution is -2.43. The SMILES string of the molecule is CCC1CN(C(=O)NCC(C)(F)F)CC1c1cnc2cnc3c(ccn3C(=C3CCC3)N(C)CCN(C)C(=O)OCc3ccc(NC(=O)CNC=O)cc3)n12. The zero-order valence-corrected chi connectivity index (χ0v) is 31.6. The highest BCUT2D eigenvalue weighted by molar-refractivity contribution is 5.93. The third-order valence-corrected chi connectivity index (χ3v) is 10.3. The maximum Gasteiger partial charge on any atom is 0.409 e. The third-order valence-electron chi connectivity index (χ3n) is 10.3. The molecule has 1 aliphatic carbocycles. The van der Waals surface area contributed by atoms with Gasteiger partial charge in [-0.05, 0) is 54.5 Å². The molecule has 2 fully saturated rings. The number of nitrogens with zero attached hydrogens (tertiary/aromatic N) is 7. The second kappa shape index (κ2) is 16.7. The number of urea groups is 1. The van der Waals surface area contributed by atoms with Crippen molar-refractivity contribution in [3.8, 4) is 0 Å². The molecule has 0 bridgehead atoms. The number of likely N-dealkylation sites (tertiary alicyclic amines) is 1. The van der Waals surface area contributed by atoms with Crippen molar-refractivity contribution in [2.75, 3.05) is 58.7 Å². The van der Waals surface area contributed by atoms with E-state index in [1.165, 1.54) is 10.5 Å². The van der Waals surface area contributed by atoms with Gasteiger partial charge in [0.15, 0.2) is 11.3 Å². The molecule has 55 heavy (non-hydrogen) atoms. The van der Waals surface area contributed by atoms with E-state index in [1.807, 2.05) is 25.5 Å². The summed E-state index contributed by atoms with van der Waals surface area (Å²) in [6.07, 6.45) is 9.38. The number of aromatic nitrogens is 4. The van der Waals surface area contributed by atoms with Gasteiger partial charge in [0.05, 0.1) is 24.8 Å². The van der Waals surface area contributed by atoms with Crippen LogP contribution in [-0.4, -0.2) is 117 Å². The minimum absolute atomic E-state index is 0.0472. The Kier molecular flexibility index (Phi) is 11.9. The molecule has 2 unspecified atom stereocenters. The Morgan fingerprint density at radius 2 is 1.78 bits per heavy atom. The lowest BCUT2D eigenvalue weighted by molar-refractivity contribution is -0.118. The largest absolute Gasteiger partial charge is 0.445 e. The van der Waals surface area contributed by atoms with Crippen molar-refractivity contribution in [2.24, 2.45) is 5.92 Å². The number of alkyl halides is 2. The Hall–Kier alpha value is -5.74. The fourth-order valence-electron chi connectivity index (χ4n) is 7.11. The van der Waals surface area contributed by atoms with Crippen LogP contribution in [0.1, 0.15) is 56.7 Å².